The third-order valence-electron chi connectivity index (χ3n) is 4.70. The Morgan fingerprint density at radius 3 is 2.43 bits per heavy atom. The van der Waals surface area contributed by atoms with Gasteiger partial charge in [-0.2, -0.15) is 0 Å². The zero-order valence-electron chi connectivity index (χ0n) is 12.9. The number of Topliss-reactive ketones (excluding diaryl/α,β-unsaturated/α-hetero) is 1. The molecule has 0 bridgehead atoms. The summed E-state index contributed by atoms with van der Waals surface area (Å²) in [6.07, 6.45) is 8.53. The number of hydrogen-bond donors (Lipinski definition) is 0. The molecule has 1 aliphatic carbocycles. The highest BCUT2D eigenvalue weighted by Crippen LogP contribution is 2.35. The van der Waals surface area contributed by atoms with Gasteiger partial charge in [0.15, 0.2) is 5.78 Å². The van der Waals surface area contributed by atoms with Crippen molar-refractivity contribution in [2.75, 3.05) is 0 Å². The molecule has 0 amide bonds. The molecule has 2 rings (SSSR count). The van der Waals surface area contributed by atoms with E-state index in [0.717, 1.165) is 38.8 Å². The van der Waals surface area contributed by atoms with E-state index in [-0.39, 0.29) is 5.92 Å². The van der Waals surface area contributed by atoms with Crippen LogP contribution in [0.2, 0.25) is 0 Å². The predicted molar refractivity (Wildman–Crippen MR) is 95.9 cm³/mol. The molecule has 0 saturated heterocycles. The summed E-state index contributed by atoms with van der Waals surface area (Å²) in [6.45, 7) is 4.30. The van der Waals surface area contributed by atoms with Gasteiger partial charge in [-0.25, -0.2) is 0 Å². The van der Waals surface area contributed by atoms with E-state index in [9.17, 15) is 4.79 Å². The second kappa shape index (κ2) is 7.92. The first-order chi connectivity index (χ1) is 10.0. The van der Waals surface area contributed by atoms with Gasteiger partial charge in [-0.3, -0.25) is 4.79 Å². The molecule has 1 fully saturated rings. The lowest BCUT2D eigenvalue weighted by atomic mass is 9.77. The fraction of sp³-hybridized carbons (Fsp3) is 0.611. The quantitative estimate of drug-likeness (QED) is 0.489. The highest BCUT2D eigenvalue weighted by atomic mass is 79.9. The monoisotopic (exact) mass is 414 g/mol. The highest BCUT2D eigenvalue weighted by molar-refractivity contribution is 9.11. The molecule has 116 valence electrons. The summed E-state index contributed by atoms with van der Waals surface area (Å²) in [5.41, 5.74) is 1.99. The summed E-state index contributed by atoms with van der Waals surface area (Å²) in [4.78, 5) is 12.8. The molecule has 0 spiro atoms. The zero-order chi connectivity index (χ0) is 15.4. The molecule has 1 saturated carbocycles. The molecule has 0 atom stereocenters. The average Bonchev–Trinajstić information content (AvgIpc) is 2.48. The van der Waals surface area contributed by atoms with Gasteiger partial charge in [0.25, 0.3) is 0 Å². The average molecular weight is 416 g/mol. The molecule has 21 heavy (non-hydrogen) atoms. The number of halogens is 2. The lowest BCUT2D eigenvalue weighted by Crippen LogP contribution is -2.22. The minimum atomic E-state index is 0.216. The van der Waals surface area contributed by atoms with Crippen molar-refractivity contribution in [1.82, 2.24) is 0 Å². The van der Waals surface area contributed by atoms with Crippen molar-refractivity contribution in [3.63, 3.8) is 0 Å². The molecule has 1 aliphatic rings. The van der Waals surface area contributed by atoms with Crippen LogP contribution in [0, 0.1) is 18.8 Å². The van der Waals surface area contributed by atoms with Gasteiger partial charge in [0.1, 0.15) is 0 Å². The fourth-order valence-electron chi connectivity index (χ4n) is 3.26. The first-order valence-corrected chi connectivity index (χ1v) is 9.61. The molecule has 0 radical (unpaired) electrons. The van der Waals surface area contributed by atoms with Crippen LogP contribution >= 0.6 is 31.9 Å². The van der Waals surface area contributed by atoms with Crippen LogP contribution in [0.25, 0.3) is 0 Å². The van der Waals surface area contributed by atoms with E-state index in [4.69, 9.17) is 0 Å². The molecule has 0 aliphatic heterocycles. The number of rotatable bonds is 5. The van der Waals surface area contributed by atoms with Crippen molar-refractivity contribution in [2.45, 2.75) is 58.8 Å². The predicted octanol–water partition coefficient (Wildman–Crippen LogP) is 6.70. The molecule has 0 heterocycles. The van der Waals surface area contributed by atoms with Crippen LogP contribution in [0.4, 0.5) is 0 Å². The van der Waals surface area contributed by atoms with E-state index in [1.165, 1.54) is 32.1 Å². The molecule has 1 aromatic rings. The first kappa shape index (κ1) is 17.2. The van der Waals surface area contributed by atoms with Crippen LogP contribution in [-0.2, 0) is 0 Å². The first-order valence-electron chi connectivity index (χ1n) is 8.02. The molecule has 1 nitrogen and oxygen atoms in total. The second-order valence-electron chi connectivity index (χ2n) is 6.31. The highest BCUT2D eigenvalue weighted by Gasteiger charge is 2.28. The molecule has 0 aromatic heterocycles. The van der Waals surface area contributed by atoms with Gasteiger partial charge >= 0.3 is 0 Å². The maximum atomic E-state index is 12.8. The number of hydrogen-bond acceptors (Lipinski definition) is 1. The van der Waals surface area contributed by atoms with Crippen molar-refractivity contribution >= 4 is 37.6 Å². The number of ketones is 1. The van der Waals surface area contributed by atoms with Crippen LogP contribution in [0.1, 0.15) is 67.8 Å². The number of unbranched alkanes of at least 4 members (excludes halogenated alkanes) is 1. The normalized spacial score (nSPS) is 22.3. The van der Waals surface area contributed by atoms with Crippen LogP contribution < -0.4 is 0 Å². The van der Waals surface area contributed by atoms with Gasteiger partial charge in [-0.15, -0.1) is 0 Å². The molecule has 0 N–H and O–H groups in total. The third-order valence-corrected chi connectivity index (χ3v) is 6.21. The summed E-state index contributed by atoms with van der Waals surface area (Å²) in [7, 11) is 0. The topological polar surface area (TPSA) is 17.1 Å². The van der Waals surface area contributed by atoms with Crippen molar-refractivity contribution in [3.8, 4) is 0 Å². The smallest absolute Gasteiger partial charge is 0.167 e. The van der Waals surface area contributed by atoms with Crippen molar-refractivity contribution < 1.29 is 4.79 Å². The van der Waals surface area contributed by atoms with Gasteiger partial charge in [0, 0.05) is 20.4 Å². The minimum Gasteiger partial charge on any atom is -0.294 e. The minimum absolute atomic E-state index is 0.216. The van der Waals surface area contributed by atoms with E-state index in [2.05, 4.69) is 38.8 Å². The molecule has 0 unspecified atom stereocenters. The van der Waals surface area contributed by atoms with E-state index < -0.39 is 0 Å². The summed E-state index contributed by atoms with van der Waals surface area (Å²) in [5, 5.41) is 0. The zero-order valence-corrected chi connectivity index (χ0v) is 16.1. The van der Waals surface area contributed by atoms with Crippen molar-refractivity contribution in [3.05, 3.63) is 32.2 Å². The van der Waals surface area contributed by atoms with Gasteiger partial charge in [-0.1, -0.05) is 58.0 Å². The van der Waals surface area contributed by atoms with E-state index >= 15 is 0 Å². The number of carbonyl (C=O) groups is 1. The Morgan fingerprint density at radius 2 is 1.81 bits per heavy atom. The summed E-state index contributed by atoms with van der Waals surface area (Å²) in [6, 6.07) is 4.01. The van der Waals surface area contributed by atoms with Gasteiger partial charge in [0.05, 0.1) is 0 Å². The Labute approximate surface area is 145 Å². The number of benzene rings is 1. The Bertz CT molecular complexity index is 502. The maximum absolute atomic E-state index is 12.8. The Morgan fingerprint density at radius 1 is 1.14 bits per heavy atom. The summed E-state index contributed by atoms with van der Waals surface area (Å²) >= 11 is 7.09. The fourth-order valence-corrected chi connectivity index (χ4v) is 4.26. The van der Waals surface area contributed by atoms with Gasteiger partial charge in [0.2, 0.25) is 0 Å². The van der Waals surface area contributed by atoms with Crippen LogP contribution in [-0.4, -0.2) is 5.78 Å². The number of aryl methyl sites for hydroxylation is 1. The van der Waals surface area contributed by atoms with Crippen LogP contribution in [0.3, 0.4) is 0 Å². The molecule has 3 heteroatoms. The standard InChI is InChI=1S/C18H24Br2O/c1-3-4-5-13-6-8-14(9-7-13)18(21)15-11-16(19)12(2)10-17(15)20/h10-11,13-14H,3-9H2,1-2H3. The second-order valence-corrected chi connectivity index (χ2v) is 8.01. The van der Waals surface area contributed by atoms with Gasteiger partial charge < -0.3 is 0 Å². The lowest BCUT2D eigenvalue weighted by Gasteiger charge is -2.28. The van der Waals surface area contributed by atoms with E-state index in [1.807, 2.05) is 19.1 Å². The molecule has 1 aromatic carbocycles. The van der Waals surface area contributed by atoms with Gasteiger partial charge in [-0.05, 0) is 56.2 Å². The Balaban J connectivity index is 2.00. The molecular weight excluding hydrogens is 392 g/mol. The largest absolute Gasteiger partial charge is 0.294 e. The lowest BCUT2D eigenvalue weighted by molar-refractivity contribution is 0.0868. The third kappa shape index (κ3) is 4.41. The summed E-state index contributed by atoms with van der Waals surface area (Å²) in [5.74, 6) is 1.38. The number of carbonyl (C=O) groups excluding carboxylic acids is 1. The van der Waals surface area contributed by atoms with Crippen LogP contribution in [0.15, 0.2) is 21.1 Å². The Kier molecular flexibility index (Phi) is 6.49. The van der Waals surface area contributed by atoms with E-state index in [0.29, 0.717) is 5.78 Å². The van der Waals surface area contributed by atoms with Crippen molar-refractivity contribution in [1.29, 1.82) is 0 Å². The SMILES string of the molecule is CCCCC1CCC(C(=O)c2cc(Br)c(C)cc2Br)CC1. The van der Waals surface area contributed by atoms with E-state index in [1.54, 1.807) is 0 Å². The van der Waals surface area contributed by atoms with Crippen LogP contribution in [0.5, 0.6) is 0 Å². The summed E-state index contributed by atoms with van der Waals surface area (Å²) < 4.78 is 1.95. The Hall–Kier alpha value is -0.150. The molecular formula is C18H24Br2O. The van der Waals surface area contributed by atoms with Crippen molar-refractivity contribution in [2.24, 2.45) is 11.8 Å². The maximum Gasteiger partial charge on any atom is 0.167 e.